The average Bonchev–Trinajstić information content (AvgIpc) is 2.40. The van der Waals surface area contributed by atoms with Gasteiger partial charge < -0.3 is 10.2 Å². The van der Waals surface area contributed by atoms with E-state index >= 15 is 0 Å². The summed E-state index contributed by atoms with van der Waals surface area (Å²) in [5, 5.41) is 37.5. The summed E-state index contributed by atoms with van der Waals surface area (Å²) < 4.78 is 0. The quantitative estimate of drug-likeness (QED) is 0.490. The van der Waals surface area contributed by atoms with Gasteiger partial charge in [0.2, 0.25) is 0 Å². The zero-order valence-electron chi connectivity index (χ0n) is 10.7. The Morgan fingerprint density at radius 2 is 0.905 bits per heavy atom. The molecule has 0 aliphatic carbocycles. The van der Waals surface area contributed by atoms with Crippen LogP contribution in [0.2, 0.25) is 0 Å². The van der Waals surface area contributed by atoms with E-state index in [0.29, 0.717) is 0 Å². The standard InChI is InChI=1S/2C6H5NO3.Zn/c2*8-6-3-1-5(2-4-6)7(9)10;/h2*1-4,8H;/q;;+2. The van der Waals surface area contributed by atoms with E-state index in [1.54, 1.807) is 0 Å². The Morgan fingerprint density at radius 3 is 1.10 bits per heavy atom. The number of rotatable bonds is 2. The van der Waals surface area contributed by atoms with Gasteiger partial charge in [-0.25, -0.2) is 0 Å². The van der Waals surface area contributed by atoms with Gasteiger partial charge >= 0.3 is 19.5 Å². The van der Waals surface area contributed by atoms with Gasteiger partial charge in [-0.2, -0.15) is 0 Å². The maximum absolute atomic E-state index is 10.0. The van der Waals surface area contributed by atoms with Gasteiger partial charge in [-0.15, -0.1) is 0 Å². The van der Waals surface area contributed by atoms with Crippen LogP contribution in [-0.2, 0) is 19.5 Å². The van der Waals surface area contributed by atoms with E-state index in [1.807, 2.05) is 0 Å². The molecule has 0 saturated heterocycles. The van der Waals surface area contributed by atoms with Gasteiger partial charge in [0.15, 0.2) is 0 Å². The minimum absolute atomic E-state index is 0. The smallest absolute Gasteiger partial charge is 0.508 e. The minimum atomic E-state index is -0.514. The number of hydrogen-bond acceptors (Lipinski definition) is 6. The van der Waals surface area contributed by atoms with Crippen LogP contribution < -0.4 is 0 Å². The number of hydrogen-bond donors (Lipinski definition) is 2. The van der Waals surface area contributed by atoms with Crippen molar-refractivity contribution in [2.75, 3.05) is 0 Å². The first-order valence-electron chi connectivity index (χ1n) is 5.27. The van der Waals surface area contributed by atoms with Crippen molar-refractivity contribution in [1.82, 2.24) is 0 Å². The third-order valence-electron chi connectivity index (χ3n) is 2.12. The first kappa shape index (κ1) is 18.5. The fourth-order valence-electron chi connectivity index (χ4n) is 1.15. The van der Waals surface area contributed by atoms with Crippen molar-refractivity contribution in [3.63, 3.8) is 0 Å². The van der Waals surface area contributed by atoms with Gasteiger partial charge in [0.1, 0.15) is 11.5 Å². The second-order valence-corrected chi connectivity index (χ2v) is 3.55. The van der Waals surface area contributed by atoms with Gasteiger partial charge in [0.25, 0.3) is 11.4 Å². The summed E-state index contributed by atoms with van der Waals surface area (Å²) in [6, 6.07) is 10.1. The monoisotopic (exact) mass is 342 g/mol. The molecule has 0 bridgehead atoms. The van der Waals surface area contributed by atoms with Crippen molar-refractivity contribution in [2.45, 2.75) is 0 Å². The Kier molecular flexibility index (Phi) is 7.56. The van der Waals surface area contributed by atoms with Crippen LogP contribution in [0.25, 0.3) is 0 Å². The summed E-state index contributed by atoms with van der Waals surface area (Å²) in [7, 11) is 0. The van der Waals surface area contributed by atoms with Crippen molar-refractivity contribution in [3.8, 4) is 11.5 Å². The van der Waals surface area contributed by atoms with E-state index < -0.39 is 9.85 Å². The van der Waals surface area contributed by atoms with Gasteiger partial charge in [0, 0.05) is 24.3 Å². The zero-order chi connectivity index (χ0) is 15.1. The van der Waals surface area contributed by atoms with Crippen molar-refractivity contribution >= 4 is 11.4 Å². The number of benzene rings is 2. The Balaban J connectivity index is 0.000000364. The Bertz CT molecular complexity index is 545. The van der Waals surface area contributed by atoms with E-state index in [0.717, 1.165) is 0 Å². The fraction of sp³-hybridized carbons (Fsp3) is 0. The van der Waals surface area contributed by atoms with E-state index in [2.05, 4.69) is 0 Å². The number of nitrogens with zero attached hydrogens (tertiary/aromatic N) is 2. The first-order chi connectivity index (χ1) is 9.40. The molecule has 0 amide bonds. The Labute approximate surface area is 131 Å². The number of non-ortho nitro benzene ring substituents is 2. The SMILES string of the molecule is O=[N+]([O-])c1ccc(O)cc1.O=[N+]([O-])c1ccc(O)cc1.[Zn+2]. The van der Waals surface area contributed by atoms with Crippen LogP contribution in [0.3, 0.4) is 0 Å². The molecule has 0 unspecified atom stereocenters. The van der Waals surface area contributed by atoms with E-state index in [1.165, 1.54) is 48.5 Å². The van der Waals surface area contributed by atoms with E-state index in [9.17, 15) is 20.2 Å². The molecule has 9 heteroatoms. The maximum atomic E-state index is 10.0. The molecule has 0 aromatic heterocycles. The van der Waals surface area contributed by atoms with Gasteiger partial charge in [-0.1, -0.05) is 0 Å². The Morgan fingerprint density at radius 1 is 0.667 bits per heavy atom. The predicted octanol–water partition coefficient (Wildman–Crippen LogP) is 2.60. The number of phenolic OH excluding ortho intramolecular Hbond substituents is 2. The second-order valence-electron chi connectivity index (χ2n) is 3.55. The van der Waals surface area contributed by atoms with Crippen LogP contribution in [-0.4, -0.2) is 20.1 Å². The van der Waals surface area contributed by atoms with Crippen LogP contribution >= 0.6 is 0 Å². The molecule has 0 heterocycles. The summed E-state index contributed by atoms with van der Waals surface area (Å²) in [6.45, 7) is 0. The fourth-order valence-corrected chi connectivity index (χ4v) is 1.15. The Hall–Kier alpha value is -2.54. The average molecular weight is 344 g/mol. The van der Waals surface area contributed by atoms with Crippen molar-refractivity contribution in [3.05, 3.63) is 68.8 Å². The number of nitro groups is 2. The van der Waals surface area contributed by atoms with Gasteiger partial charge in [-0.05, 0) is 24.3 Å². The molecule has 2 N–H and O–H groups in total. The van der Waals surface area contributed by atoms with Crippen LogP contribution in [0, 0.1) is 20.2 Å². The zero-order valence-corrected chi connectivity index (χ0v) is 13.7. The van der Waals surface area contributed by atoms with Crippen molar-refractivity contribution in [1.29, 1.82) is 0 Å². The van der Waals surface area contributed by atoms with E-state index in [4.69, 9.17) is 10.2 Å². The molecule has 0 aliphatic heterocycles. The number of phenols is 2. The largest absolute Gasteiger partial charge is 2.00 e. The molecular weight excluding hydrogens is 334 g/mol. The van der Waals surface area contributed by atoms with Crippen LogP contribution in [0.15, 0.2) is 48.5 Å². The molecule has 21 heavy (non-hydrogen) atoms. The first-order valence-corrected chi connectivity index (χ1v) is 5.27. The van der Waals surface area contributed by atoms with Gasteiger partial charge in [0.05, 0.1) is 9.85 Å². The normalized spacial score (nSPS) is 8.76. The van der Waals surface area contributed by atoms with Crippen LogP contribution in [0.4, 0.5) is 11.4 Å². The molecule has 2 aromatic carbocycles. The molecule has 0 fully saturated rings. The molecule has 2 aromatic rings. The number of aromatic hydroxyl groups is 2. The maximum Gasteiger partial charge on any atom is 2.00 e. The third kappa shape index (κ3) is 6.44. The summed E-state index contributed by atoms with van der Waals surface area (Å²) in [5.74, 6) is 0.0659. The molecule has 2 rings (SSSR count). The molecule has 0 saturated carbocycles. The molecular formula is C12H10N2O6Zn+2. The summed E-state index contributed by atoms with van der Waals surface area (Å²) in [4.78, 5) is 19.0. The van der Waals surface area contributed by atoms with Crippen molar-refractivity contribution in [2.24, 2.45) is 0 Å². The summed E-state index contributed by atoms with van der Waals surface area (Å²) >= 11 is 0. The van der Waals surface area contributed by atoms with Crippen LogP contribution in [0.1, 0.15) is 0 Å². The number of nitro benzene ring substituents is 2. The predicted molar refractivity (Wildman–Crippen MR) is 69.5 cm³/mol. The molecule has 8 nitrogen and oxygen atoms in total. The molecule has 0 atom stereocenters. The molecule has 0 aliphatic rings. The van der Waals surface area contributed by atoms with Crippen molar-refractivity contribution < 1.29 is 39.5 Å². The second kappa shape index (κ2) is 8.60. The van der Waals surface area contributed by atoms with Gasteiger partial charge in [-0.3, -0.25) is 20.2 Å². The van der Waals surface area contributed by atoms with E-state index in [-0.39, 0.29) is 42.4 Å². The summed E-state index contributed by atoms with van der Waals surface area (Å²) in [5.41, 5.74) is -0.0319. The van der Waals surface area contributed by atoms with Crippen LogP contribution in [0.5, 0.6) is 11.5 Å². The molecule has 0 radical (unpaired) electrons. The topological polar surface area (TPSA) is 127 Å². The minimum Gasteiger partial charge on any atom is -0.508 e. The summed E-state index contributed by atoms with van der Waals surface area (Å²) in [6.07, 6.45) is 0. The third-order valence-corrected chi connectivity index (χ3v) is 2.12. The molecule has 0 spiro atoms. The molecule has 104 valence electrons.